The maximum Gasteiger partial charge on any atom is 0.226 e. The average Bonchev–Trinajstić information content (AvgIpc) is 2.62. The van der Waals surface area contributed by atoms with Gasteiger partial charge in [-0.2, -0.15) is 0 Å². The van der Waals surface area contributed by atoms with Gasteiger partial charge in [0.05, 0.1) is 0 Å². The van der Waals surface area contributed by atoms with E-state index in [9.17, 15) is 9.59 Å². The summed E-state index contributed by atoms with van der Waals surface area (Å²) >= 11 is 0. The van der Waals surface area contributed by atoms with Gasteiger partial charge in [0, 0.05) is 11.1 Å². The van der Waals surface area contributed by atoms with Gasteiger partial charge in [0.1, 0.15) is 0 Å². The summed E-state index contributed by atoms with van der Waals surface area (Å²) in [7, 11) is 0. The van der Waals surface area contributed by atoms with E-state index in [0.29, 0.717) is 11.8 Å². The molecule has 3 aromatic rings. The first-order valence-electron chi connectivity index (χ1n) is 7.04. The van der Waals surface area contributed by atoms with E-state index in [2.05, 4.69) is 0 Å². The zero-order valence-electron chi connectivity index (χ0n) is 11.9. The second-order valence-electron chi connectivity index (χ2n) is 4.94. The Balaban J connectivity index is 2.31. The quantitative estimate of drug-likeness (QED) is 0.404. The van der Waals surface area contributed by atoms with Crippen LogP contribution in [0.4, 0.5) is 0 Å². The summed E-state index contributed by atoms with van der Waals surface area (Å²) in [5.74, 6) is -0.503. The van der Waals surface area contributed by atoms with Crippen LogP contribution in [0.5, 0.6) is 0 Å². The van der Waals surface area contributed by atoms with Crippen molar-refractivity contribution in [3.8, 4) is 22.3 Å². The van der Waals surface area contributed by atoms with Crippen molar-refractivity contribution in [2.75, 3.05) is 0 Å². The normalized spacial score (nSPS) is 10.2. The molecule has 0 saturated carbocycles. The molecule has 106 valence electrons. The van der Waals surface area contributed by atoms with E-state index in [1.54, 1.807) is 6.07 Å². The largest absolute Gasteiger partial charge is 0.294 e. The summed E-state index contributed by atoms with van der Waals surface area (Å²) in [6.07, 6.45) is 0.372. The summed E-state index contributed by atoms with van der Waals surface area (Å²) in [5.41, 5.74) is 4.11. The molecule has 0 heterocycles. The summed E-state index contributed by atoms with van der Waals surface area (Å²) in [5, 5.41) is 0. The summed E-state index contributed by atoms with van der Waals surface area (Å²) in [6, 6.07) is 25.0. The van der Waals surface area contributed by atoms with Gasteiger partial charge in [0.15, 0.2) is 6.29 Å². The van der Waals surface area contributed by atoms with Crippen LogP contribution in [0, 0.1) is 0 Å². The Labute approximate surface area is 129 Å². The van der Waals surface area contributed by atoms with Crippen molar-refractivity contribution in [3.05, 3.63) is 84.4 Å². The highest BCUT2D eigenvalue weighted by molar-refractivity contribution is 6.35. The fraction of sp³-hybridized carbons (Fsp3) is 0. The predicted octanol–water partition coefficient (Wildman–Crippen LogP) is 4.40. The molecule has 0 amide bonds. The van der Waals surface area contributed by atoms with Crippen LogP contribution in [0.3, 0.4) is 0 Å². The third-order valence-corrected chi connectivity index (χ3v) is 3.58. The van der Waals surface area contributed by atoms with Crippen molar-refractivity contribution in [1.29, 1.82) is 0 Å². The minimum absolute atomic E-state index is 0.372. The van der Waals surface area contributed by atoms with Gasteiger partial charge in [0.25, 0.3) is 0 Å². The van der Waals surface area contributed by atoms with Gasteiger partial charge < -0.3 is 0 Å². The van der Waals surface area contributed by atoms with E-state index in [1.807, 2.05) is 72.8 Å². The Morgan fingerprint density at radius 2 is 1.27 bits per heavy atom. The highest BCUT2D eigenvalue weighted by Gasteiger charge is 2.16. The number of hydrogen-bond acceptors (Lipinski definition) is 2. The van der Waals surface area contributed by atoms with Crippen LogP contribution in [-0.4, -0.2) is 12.1 Å². The molecule has 0 bridgehead atoms. The van der Waals surface area contributed by atoms with Gasteiger partial charge in [-0.25, -0.2) is 0 Å². The third-order valence-electron chi connectivity index (χ3n) is 3.58. The minimum Gasteiger partial charge on any atom is -0.294 e. The highest BCUT2D eigenvalue weighted by atomic mass is 16.2. The number of benzene rings is 3. The van der Waals surface area contributed by atoms with Crippen molar-refractivity contribution in [2.45, 2.75) is 0 Å². The third kappa shape index (κ3) is 2.59. The first-order chi connectivity index (χ1) is 10.8. The molecule has 0 saturated heterocycles. The molecule has 0 aliphatic carbocycles. The number of carbonyl (C=O) groups excluding carboxylic acids is 2. The molecule has 0 unspecified atom stereocenters. The van der Waals surface area contributed by atoms with Gasteiger partial charge in [0.2, 0.25) is 5.78 Å². The molecular formula is C20H14O2. The van der Waals surface area contributed by atoms with Crippen molar-refractivity contribution in [3.63, 3.8) is 0 Å². The molecule has 3 aromatic carbocycles. The number of carbonyl (C=O) groups is 2. The molecular weight excluding hydrogens is 272 g/mol. The Bertz CT molecular complexity index is 806. The molecule has 22 heavy (non-hydrogen) atoms. The first-order valence-corrected chi connectivity index (χ1v) is 7.04. The van der Waals surface area contributed by atoms with Gasteiger partial charge in [-0.1, -0.05) is 78.9 Å². The number of aldehydes is 1. The van der Waals surface area contributed by atoms with Crippen molar-refractivity contribution < 1.29 is 9.59 Å². The SMILES string of the molecule is O=CC(=O)c1cccc(-c2ccccc2)c1-c1ccccc1. The van der Waals surface area contributed by atoms with Crippen LogP contribution < -0.4 is 0 Å². The topological polar surface area (TPSA) is 34.1 Å². The number of rotatable bonds is 4. The summed E-state index contributed by atoms with van der Waals surface area (Å²) in [4.78, 5) is 23.0. The van der Waals surface area contributed by atoms with Crippen LogP contribution >= 0.6 is 0 Å². The van der Waals surface area contributed by atoms with Gasteiger partial charge in [-0.3, -0.25) is 9.59 Å². The minimum atomic E-state index is -0.503. The molecule has 0 aliphatic rings. The molecule has 0 aromatic heterocycles. The number of hydrogen-bond donors (Lipinski definition) is 0. The first kappa shape index (κ1) is 14.0. The summed E-state index contributed by atoms with van der Waals surface area (Å²) in [6.45, 7) is 0. The molecule has 0 aliphatic heterocycles. The lowest BCUT2D eigenvalue weighted by Crippen LogP contribution is -2.03. The fourth-order valence-corrected chi connectivity index (χ4v) is 2.60. The van der Waals surface area contributed by atoms with Gasteiger partial charge in [-0.05, 0) is 16.7 Å². The van der Waals surface area contributed by atoms with E-state index < -0.39 is 5.78 Å². The number of ketones is 1. The molecule has 0 atom stereocenters. The van der Waals surface area contributed by atoms with Crippen LogP contribution in [-0.2, 0) is 4.79 Å². The lowest BCUT2D eigenvalue weighted by molar-refractivity contribution is -0.104. The van der Waals surface area contributed by atoms with E-state index in [-0.39, 0.29) is 0 Å². The Morgan fingerprint density at radius 3 is 1.86 bits per heavy atom. The molecule has 0 fully saturated rings. The van der Waals surface area contributed by atoms with Crippen molar-refractivity contribution >= 4 is 12.1 Å². The summed E-state index contributed by atoms with van der Waals surface area (Å²) < 4.78 is 0. The van der Waals surface area contributed by atoms with Crippen LogP contribution in [0.1, 0.15) is 10.4 Å². The standard InChI is InChI=1S/C20H14O2/c21-14-19(22)18-13-7-12-17(15-8-3-1-4-9-15)20(18)16-10-5-2-6-11-16/h1-14H. The number of Topliss-reactive ketones (excluding diaryl/α,β-unsaturated/α-hetero) is 1. The highest BCUT2D eigenvalue weighted by Crippen LogP contribution is 2.34. The second kappa shape index (κ2) is 6.19. The van der Waals surface area contributed by atoms with Gasteiger partial charge >= 0.3 is 0 Å². The van der Waals surface area contributed by atoms with Crippen molar-refractivity contribution in [2.24, 2.45) is 0 Å². The van der Waals surface area contributed by atoms with Crippen LogP contribution in [0.15, 0.2) is 78.9 Å². The maximum atomic E-state index is 12.0. The van der Waals surface area contributed by atoms with Gasteiger partial charge in [-0.15, -0.1) is 0 Å². The molecule has 0 N–H and O–H groups in total. The predicted molar refractivity (Wildman–Crippen MR) is 87.7 cm³/mol. The van der Waals surface area contributed by atoms with E-state index in [0.717, 1.165) is 22.3 Å². The van der Waals surface area contributed by atoms with E-state index in [1.165, 1.54) is 0 Å². The molecule has 3 rings (SSSR count). The van der Waals surface area contributed by atoms with Crippen LogP contribution in [0.2, 0.25) is 0 Å². The molecule has 2 heteroatoms. The second-order valence-corrected chi connectivity index (χ2v) is 4.94. The zero-order valence-corrected chi connectivity index (χ0v) is 11.9. The molecule has 0 radical (unpaired) electrons. The average molecular weight is 286 g/mol. The Kier molecular flexibility index (Phi) is 3.92. The molecule has 0 spiro atoms. The fourth-order valence-electron chi connectivity index (χ4n) is 2.60. The molecule has 2 nitrogen and oxygen atoms in total. The maximum absolute atomic E-state index is 12.0. The van der Waals surface area contributed by atoms with Crippen molar-refractivity contribution in [1.82, 2.24) is 0 Å². The lowest BCUT2D eigenvalue weighted by Gasteiger charge is -2.13. The van der Waals surface area contributed by atoms with E-state index in [4.69, 9.17) is 0 Å². The Hall–Kier alpha value is -3.00. The zero-order chi connectivity index (χ0) is 15.4. The smallest absolute Gasteiger partial charge is 0.226 e. The lowest BCUT2D eigenvalue weighted by atomic mass is 9.89. The van der Waals surface area contributed by atoms with E-state index >= 15 is 0 Å². The van der Waals surface area contributed by atoms with Crippen LogP contribution in [0.25, 0.3) is 22.3 Å². The Morgan fingerprint density at radius 1 is 0.682 bits per heavy atom. The monoisotopic (exact) mass is 286 g/mol.